The lowest BCUT2D eigenvalue weighted by Gasteiger charge is -2.39. The second kappa shape index (κ2) is 10.6. The second-order valence-corrected chi connectivity index (χ2v) is 8.73. The van der Waals surface area contributed by atoms with Crippen molar-refractivity contribution in [1.82, 2.24) is 9.80 Å². The molecule has 1 saturated heterocycles. The first-order valence-electron chi connectivity index (χ1n) is 11.7. The molecule has 3 N–H and O–H groups in total. The lowest BCUT2D eigenvalue weighted by atomic mass is 10.1. The van der Waals surface area contributed by atoms with Gasteiger partial charge in [0, 0.05) is 31.3 Å². The average molecular weight is 492 g/mol. The van der Waals surface area contributed by atoms with E-state index in [0.29, 0.717) is 26.1 Å². The molecule has 0 aliphatic carbocycles. The number of nitrogens with zero attached hydrogens (tertiary/aromatic N) is 3. The van der Waals surface area contributed by atoms with Crippen LogP contribution in [0.1, 0.15) is 29.3 Å². The predicted octanol–water partition coefficient (Wildman–Crippen LogP) is 3.35. The van der Waals surface area contributed by atoms with E-state index in [4.69, 9.17) is 10.5 Å². The Balaban J connectivity index is 1.49. The standard InChI is InChI=1S/C26H29N5O5/c1-3-23(28-25-21(31(34)35)13-20(26(27)33)14-22(25)36-2)29-10-11-30(24(32)16-29)15-17-8-9-18-6-4-5-7-19(18)12-17/h4-9,12-14,23,28H,3,10-11,15-16H2,1-2H3,(H2,27,33). The van der Waals surface area contributed by atoms with Gasteiger partial charge < -0.3 is 20.7 Å². The maximum Gasteiger partial charge on any atom is 0.297 e. The Morgan fingerprint density at radius 2 is 1.92 bits per heavy atom. The first-order valence-corrected chi connectivity index (χ1v) is 11.7. The highest BCUT2D eigenvalue weighted by Crippen LogP contribution is 2.37. The van der Waals surface area contributed by atoms with Gasteiger partial charge in [0.1, 0.15) is 5.75 Å². The Bertz CT molecular complexity index is 1310. The normalized spacial score (nSPS) is 15.1. The molecular formula is C26H29N5O5. The summed E-state index contributed by atoms with van der Waals surface area (Å²) in [4.78, 5) is 39.6. The third-order valence-electron chi connectivity index (χ3n) is 6.46. The van der Waals surface area contributed by atoms with Crippen molar-refractivity contribution in [3.8, 4) is 5.75 Å². The van der Waals surface area contributed by atoms with Gasteiger partial charge in [-0.2, -0.15) is 0 Å². The van der Waals surface area contributed by atoms with Crippen LogP contribution in [0.15, 0.2) is 54.6 Å². The van der Waals surface area contributed by atoms with Gasteiger partial charge in [0.25, 0.3) is 5.69 Å². The number of nitrogens with two attached hydrogens (primary N) is 1. The number of anilines is 1. The van der Waals surface area contributed by atoms with Crippen molar-refractivity contribution in [2.45, 2.75) is 26.1 Å². The average Bonchev–Trinajstić information content (AvgIpc) is 2.87. The highest BCUT2D eigenvalue weighted by molar-refractivity contribution is 5.95. The number of benzene rings is 3. The van der Waals surface area contributed by atoms with Gasteiger partial charge in [-0.1, -0.05) is 43.3 Å². The first-order chi connectivity index (χ1) is 17.3. The fourth-order valence-electron chi connectivity index (χ4n) is 4.53. The Morgan fingerprint density at radius 3 is 2.56 bits per heavy atom. The molecule has 1 aliphatic rings. The smallest absolute Gasteiger partial charge is 0.297 e. The number of hydrogen-bond donors (Lipinski definition) is 2. The van der Waals surface area contributed by atoms with Crippen LogP contribution in [0.2, 0.25) is 0 Å². The number of methoxy groups -OCH3 is 1. The first kappa shape index (κ1) is 24.9. The van der Waals surface area contributed by atoms with Crippen LogP contribution in [-0.4, -0.2) is 59.4 Å². The molecule has 0 radical (unpaired) electrons. The van der Waals surface area contributed by atoms with Gasteiger partial charge >= 0.3 is 0 Å². The minimum absolute atomic E-state index is 0.0137. The van der Waals surface area contributed by atoms with Gasteiger partial charge in [-0.25, -0.2) is 0 Å². The summed E-state index contributed by atoms with van der Waals surface area (Å²) in [5.41, 5.74) is 6.20. The molecule has 10 heteroatoms. The van der Waals surface area contributed by atoms with Crippen molar-refractivity contribution in [2.75, 3.05) is 32.1 Å². The fourth-order valence-corrected chi connectivity index (χ4v) is 4.53. The maximum absolute atomic E-state index is 13.0. The predicted molar refractivity (Wildman–Crippen MR) is 137 cm³/mol. The molecule has 0 saturated carbocycles. The number of carbonyl (C=O) groups excluding carboxylic acids is 2. The highest BCUT2D eigenvalue weighted by Gasteiger charge is 2.31. The van der Waals surface area contributed by atoms with E-state index in [1.54, 1.807) is 0 Å². The number of piperazine rings is 1. The van der Waals surface area contributed by atoms with Crippen LogP contribution in [0.25, 0.3) is 10.8 Å². The molecule has 0 aromatic heterocycles. The summed E-state index contributed by atoms with van der Waals surface area (Å²) in [6, 6.07) is 16.8. The molecule has 36 heavy (non-hydrogen) atoms. The van der Waals surface area contributed by atoms with Crippen molar-refractivity contribution in [3.63, 3.8) is 0 Å². The van der Waals surface area contributed by atoms with Crippen molar-refractivity contribution in [1.29, 1.82) is 0 Å². The van der Waals surface area contributed by atoms with Crippen LogP contribution in [0.4, 0.5) is 11.4 Å². The molecular weight excluding hydrogens is 462 g/mol. The number of rotatable bonds is 9. The molecule has 1 atom stereocenters. The number of nitro benzene ring substituents is 1. The summed E-state index contributed by atoms with van der Waals surface area (Å²) in [5, 5.41) is 17.2. The van der Waals surface area contributed by atoms with Crippen molar-refractivity contribution < 1.29 is 19.2 Å². The topological polar surface area (TPSA) is 131 Å². The Labute approximate surface area is 208 Å². The minimum Gasteiger partial charge on any atom is -0.494 e. The summed E-state index contributed by atoms with van der Waals surface area (Å²) < 4.78 is 5.33. The van der Waals surface area contributed by atoms with E-state index in [0.717, 1.165) is 22.4 Å². The SMILES string of the molecule is CCC(Nc1c(OC)cc(C(N)=O)cc1[N+](=O)[O-])N1CCN(Cc2ccc3ccccc3c2)C(=O)C1. The van der Waals surface area contributed by atoms with Gasteiger partial charge in [0.15, 0.2) is 5.69 Å². The Kier molecular flexibility index (Phi) is 7.35. The summed E-state index contributed by atoms with van der Waals surface area (Å²) in [6.45, 7) is 3.76. The number of hydrogen-bond acceptors (Lipinski definition) is 7. The van der Waals surface area contributed by atoms with E-state index in [1.165, 1.54) is 13.2 Å². The second-order valence-electron chi connectivity index (χ2n) is 8.73. The van der Waals surface area contributed by atoms with Crippen LogP contribution in [0.3, 0.4) is 0 Å². The molecule has 1 unspecified atom stereocenters. The van der Waals surface area contributed by atoms with E-state index >= 15 is 0 Å². The zero-order valence-corrected chi connectivity index (χ0v) is 20.3. The monoisotopic (exact) mass is 491 g/mol. The summed E-state index contributed by atoms with van der Waals surface area (Å²) >= 11 is 0. The molecule has 3 aromatic carbocycles. The van der Waals surface area contributed by atoms with Gasteiger partial charge in [-0.15, -0.1) is 0 Å². The van der Waals surface area contributed by atoms with Crippen LogP contribution in [0, 0.1) is 10.1 Å². The molecule has 1 fully saturated rings. The van der Waals surface area contributed by atoms with Gasteiger partial charge in [-0.3, -0.25) is 24.6 Å². The lowest BCUT2D eigenvalue weighted by Crippen LogP contribution is -2.55. The van der Waals surface area contributed by atoms with Gasteiger partial charge in [0.05, 0.1) is 24.7 Å². The molecule has 4 rings (SSSR count). The molecule has 10 nitrogen and oxygen atoms in total. The summed E-state index contributed by atoms with van der Waals surface area (Å²) in [5.74, 6) is -0.666. The largest absolute Gasteiger partial charge is 0.494 e. The third-order valence-corrected chi connectivity index (χ3v) is 6.46. The van der Waals surface area contributed by atoms with E-state index in [1.807, 2.05) is 34.9 Å². The molecule has 2 amide bonds. The maximum atomic E-state index is 13.0. The van der Waals surface area contributed by atoms with E-state index < -0.39 is 10.8 Å². The molecule has 0 bridgehead atoms. The number of fused-ring (bicyclic) bond motifs is 1. The van der Waals surface area contributed by atoms with Crippen LogP contribution >= 0.6 is 0 Å². The number of carbonyl (C=O) groups is 2. The lowest BCUT2D eigenvalue weighted by molar-refractivity contribution is -0.384. The number of amides is 2. The molecule has 1 heterocycles. The molecule has 0 spiro atoms. The van der Waals surface area contributed by atoms with Crippen LogP contribution in [0.5, 0.6) is 5.75 Å². The number of nitrogens with one attached hydrogen (secondary N) is 1. The quantitative estimate of drug-likeness (QED) is 0.347. The highest BCUT2D eigenvalue weighted by atomic mass is 16.6. The van der Waals surface area contributed by atoms with Crippen molar-refractivity contribution in [2.24, 2.45) is 5.73 Å². The van der Waals surface area contributed by atoms with E-state index in [9.17, 15) is 19.7 Å². The van der Waals surface area contributed by atoms with Gasteiger partial charge in [0.2, 0.25) is 11.8 Å². The van der Waals surface area contributed by atoms with Crippen LogP contribution < -0.4 is 15.8 Å². The fraction of sp³-hybridized carbons (Fsp3) is 0.308. The Morgan fingerprint density at radius 1 is 1.17 bits per heavy atom. The molecule has 188 valence electrons. The van der Waals surface area contributed by atoms with Crippen LogP contribution in [-0.2, 0) is 11.3 Å². The molecule has 3 aromatic rings. The van der Waals surface area contributed by atoms with Crippen molar-refractivity contribution >= 4 is 34.0 Å². The number of nitro groups is 1. The molecule has 1 aliphatic heterocycles. The number of ether oxygens (including phenoxy) is 1. The zero-order valence-electron chi connectivity index (χ0n) is 20.3. The van der Waals surface area contributed by atoms with E-state index in [2.05, 4.69) is 29.6 Å². The number of primary amides is 1. The van der Waals surface area contributed by atoms with E-state index in [-0.39, 0.29) is 41.3 Å². The summed E-state index contributed by atoms with van der Waals surface area (Å²) in [6.07, 6.45) is 0.222. The minimum atomic E-state index is -0.789. The van der Waals surface area contributed by atoms with Crippen molar-refractivity contribution in [3.05, 3.63) is 75.8 Å². The Hall–Kier alpha value is -4.18. The third kappa shape index (κ3) is 5.23. The summed E-state index contributed by atoms with van der Waals surface area (Å²) in [7, 11) is 1.37. The van der Waals surface area contributed by atoms with Gasteiger partial charge in [-0.05, 0) is 34.9 Å². The zero-order chi connectivity index (χ0) is 25.8.